The van der Waals surface area contributed by atoms with Crippen molar-refractivity contribution in [1.29, 1.82) is 0 Å². The van der Waals surface area contributed by atoms with Crippen LogP contribution in [0.2, 0.25) is 0 Å². The number of nitrogens with one attached hydrogen (secondary N) is 1. The number of aryl methyl sites for hydroxylation is 2. The van der Waals surface area contributed by atoms with Crippen molar-refractivity contribution in [1.82, 2.24) is 9.88 Å². The quantitative estimate of drug-likeness (QED) is 0.857. The van der Waals surface area contributed by atoms with Crippen LogP contribution in [0.4, 0.5) is 29.5 Å². The molecule has 0 saturated carbocycles. The number of rotatable bonds is 2. The molecule has 1 saturated heterocycles. The van der Waals surface area contributed by atoms with E-state index in [2.05, 4.69) is 10.3 Å². The fraction of sp³-hybridized carbons (Fsp3) is 0.368. The normalized spacial score (nSPS) is 15.0. The van der Waals surface area contributed by atoms with Crippen molar-refractivity contribution in [2.24, 2.45) is 0 Å². The Balaban J connectivity index is 1.58. The standard InChI is InChI=1S/C19H21F3N4O/c1-13-3-4-14(2)16(11-13)24-18(27)26-9-7-25(8-10-26)17-6-5-15(12-23-17)19(20,21)22/h3-6,11-12H,7-10H2,1-2H3,(H,24,27). The van der Waals surface area contributed by atoms with Crippen LogP contribution in [0.3, 0.4) is 0 Å². The Morgan fingerprint density at radius 2 is 1.78 bits per heavy atom. The van der Waals surface area contributed by atoms with Gasteiger partial charge in [-0.1, -0.05) is 12.1 Å². The summed E-state index contributed by atoms with van der Waals surface area (Å²) in [5.74, 6) is 0.484. The predicted molar refractivity (Wildman–Crippen MR) is 98.0 cm³/mol. The van der Waals surface area contributed by atoms with E-state index in [1.54, 1.807) is 4.90 Å². The summed E-state index contributed by atoms with van der Waals surface area (Å²) in [6.45, 7) is 5.87. The van der Waals surface area contributed by atoms with Crippen molar-refractivity contribution < 1.29 is 18.0 Å². The second-order valence-corrected chi connectivity index (χ2v) is 6.63. The Kier molecular flexibility index (Phi) is 5.25. The Morgan fingerprint density at radius 3 is 2.37 bits per heavy atom. The topological polar surface area (TPSA) is 48.5 Å². The maximum Gasteiger partial charge on any atom is 0.417 e. The molecule has 0 spiro atoms. The lowest BCUT2D eigenvalue weighted by atomic mass is 10.1. The van der Waals surface area contributed by atoms with Crippen LogP contribution in [0.25, 0.3) is 0 Å². The molecule has 0 atom stereocenters. The molecule has 2 heterocycles. The number of urea groups is 1. The van der Waals surface area contributed by atoms with Crippen molar-refractivity contribution in [2.45, 2.75) is 20.0 Å². The van der Waals surface area contributed by atoms with Gasteiger partial charge in [-0.25, -0.2) is 9.78 Å². The van der Waals surface area contributed by atoms with Gasteiger partial charge in [0.2, 0.25) is 0 Å². The maximum absolute atomic E-state index is 12.6. The van der Waals surface area contributed by atoms with Gasteiger partial charge in [0.25, 0.3) is 0 Å². The highest BCUT2D eigenvalue weighted by molar-refractivity contribution is 5.90. The Labute approximate surface area is 155 Å². The zero-order chi connectivity index (χ0) is 19.6. The van der Waals surface area contributed by atoms with Gasteiger partial charge in [0.05, 0.1) is 5.56 Å². The third-order valence-corrected chi connectivity index (χ3v) is 4.60. The molecule has 0 bridgehead atoms. The first kappa shape index (κ1) is 19.0. The molecule has 1 aliphatic rings. The highest BCUT2D eigenvalue weighted by Crippen LogP contribution is 2.29. The molecule has 1 aliphatic heterocycles. The minimum absolute atomic E-state index is 0.177. The fourth-order valence-corrected chi connectivity index (χ4v) is 2.94. The maximum atomic E-state index is 12.6. The first-order chi connectivity index (χ1) is 12.7. The molecular formula is C19H21F3N4O. The number of alkyl halides is 3. The first-order valence-corrected chi connectivity index (χ1v) is 8.65. The molecule has 3 rings (SSSR count). The van der Waals surface area contributed by atoms with Crippen LogP contribution in [0.1, 0.15) is 16.7 Å². The van der Waals surface area contributed by atoms with Crippen LogP contribution in [0, 0.1) is 13.8 Å². The van der Waals surface area contributed by atoms with E-state index >= 15 is 0 Å². The molecule has 1 N–H and O–H groups in total. The lowest BCUT2D eigenvalue weighted by Gasteiger charge is -2.35. The van der Waals surface area contributed by atoms with Crippen LogP contribution in [0.15, 0.2) is 36.5 Å². The van der Waals surface area contributed by atoms with E-state index in [1.165, 1.54) is 6.07 Å². The number of hydrogen-bond donors (Lipinski definition) is 1. The van der Waals surface area contributed by atoms with E-state index in [0.29, 0.717) is 32.0 Å². The molecule has 0 radical (unpaired) electrons. The number of amides is 2. The molecule has 1 aromatic carbocycles. The summed E-state index contributed by atoms with van der Waals surface area (Å²) in [6, 6.07) is 8.09. The Morgan fingerprint density at radius 1 is 1.07 bits per heavy atom. The zero-order valence-corrected chi connectivity index (χ0v) is 15.2. The molecule has 5 nitrogen and oxygen atoms in total. The number of carbonyl (C=O) groups excluding carboxylic acids is 1. The summed E-state index contributed by atoms with van der Waals surface area (Å²) in [6.07, 6.45) is -3.55. The van der Waals surface area contributed by atoms with Gasteiger partial charge < -0.3 is 15.1 Å². The molecule has 27 heavy (non-hydrogen) atoms. The third-order valence-electron chi connectivity index (χ3n) is 4.60. The number of piperazine rings is 1. The average molecular weight is 378 g/mol. The van der Waals surface area contributed by atoms with Crippen LogP contribution >= 0.6 is 0 Å². The molecule has 2 aromatic rings. The highest BCUT2D eigenvalue weighted by atomic mass is 19.4. The Bertz CT molecular complexity index is 813. The number of anilines is 2. The summed E-state index contributed by atoms with van der Waals surface area (Å²) >= 11 is 0. The van der Waals surface area contributed by atoms with Crippen molar-refractivity contribution >= 4 is 17.5 Å². The second-order valence-electron chi connectivity index (χ2n) is 6.63. The van der Waals surface area contributed by atoms with E-state index < -0.39 is 11.7 Å². The van der Waals surface area contributed by atoms with Crippen LogP contribution < -0.4 is 10.2 Å². The van der Waals surface area contributed by atoms with Crippen molar-refractivity contribution in [2.75, 3.05) is 36.4 Å². The number of aromatic nitrogens is 1. The summed E-state index contributed by atoms with van der Waals surface area (Å²) < 4.78 is 37.9. The van der Waals surface area contributed by atoms with Gasteiger partial charge in [0.1, 0.15) is 5.82 Å². The zero-order valence-electron chi connectivity index (χ0n) is 15.2. The first-order valence-electron chi connectivity index (χ1n) is 8.65. The molecule has 8 heteroatoms. The predicted octanol–water partition coefficient (Wildman–Crippen LogP) is 4.07. The van der Waals surface area contributed by atoms with Gasteiger partial charge in [-0.3, -0.25) is 0 Å². The van der Waals surface area contributed by atoms with Gasteiger partial charge in [-0.2, -0.15) is 13.2 Å². The number of halogens is 3. The van der Waals surface area contributed by atoms with Gasteiger partial charge in [-0.05, 0) is 43.2 Å². The molecule has 0 unspecified atom stereocenters. The average Bonchev–Trinajstić information content (AvgIpc) is 2.64. The van der Waals surface area contributed by atoms with Crippen molar-refractivity contribution in [3.63, 3.8) is 0 Å². The number of nitrogens with zero attached hydrogens (tertiary/aromatic N) is 3. The molecule has 1 fully saturated rings. The number of carbonyl (C=O) groups is 1. The SMILES string of the molecule is Cc1ccc(C)c(NC(=O)N2CCN(c3ccc(C(F)(F)F)cn3)CC2)c1. The van der Waals surface area contributed by atoms with Gasteiger partial charge in [-0.15, -0.1) is 0 Å². The molecule has 1 aromatic heterocycles. The second kappa shape index (κ2) is 7.46. The summed E-state index contributed by atoms with van der Waals surface area (Å²) in [4.78, 5) is 20.0. The molecule has 144 valence electrons. The summed E-state index contributed by atoms with van der Waals surface area (Å²) in [5, 5.41) is 2.93. The van der Waals surface area contributed by atoms with Gasteiger partial charge in [0.15, 0.2) is 0 Å². The highest BCUT2D eigenvalue weighted by Gasteiger charge is 2.31. The van der Waals surface area contributed by atoms with E-state index in [0.717, 1.165) is 29.1 Å². The Hall–Kier alpha value is -2.77. The third kappa shape index (κ3) is 4.50. The fourth-order valence-electron chi connectivity index (χ4n) is 2.94. The van der Waals surface area contributed by atoms with Gasteiger partial charge in [0, 0.05) is 38.1 Å². The monoisotopic (exact) mass is 378 g/mol. The lowest BCUT2D eigenvalue weighted by molar-refractivity contribution is -0.137. The minimum Gasteiger partial charge on any atom is -0.353 e. The van der Waals surface area contributed by atoms with Crippen molar-refractivity contribution in [3.05, 3.63) is 53.2 Å². The number of benzene rings is 1. The largest absolute Gasteiger partial charge is 0.417 e. The van der Waals surface area contributed by atoms with E-state index in [1.807, 2.05) is 36.9 Å². The summed E-state index contributed by atoms with van der Waals surface area (Å²) in [5.41, 5.74) is 2.07. The summed E-state index contributed by atoms with van der Waals surface area (Å²) in [7, 11) is 0. The molecule has 0 aliphatic carbocycles. The number of pyridine rings is 1. The number of hydrogen-bond acceptors (Lipinski definition) is 3. The van der Waals surface area contributed by atoms with E-state index in [4.69, 9.17) is 0 Å². The minimum atomic E-state index is -4.39. The molecular weight excluding hydrogens is 357 g/mol. The lowest BCUT2D eigenvalue weighted by Crippen LogP contribution is -2.50. The van der Waals surface area contributed by atoms with Crippen LogP contribution in [-0.4, -0.2) is 42.1 Å². The van der Waals surface area contributed by atoms with Crippen LogP contribution in [-0.2, 0) is 6.18 Å². The van der Waals surface area contributed by atoms with Crippen molar-refractivity contribution in [3.8, 4) is 0 Å². The smallest absolute Gasteiger partial charge is 0.353 e. The van der Waals surface area contributed by atoms with Gasteiger partial charge >= 0.3 is 12.2 Å². The van der Waals surface area contributed by atoms with E-state index in [-0.39, 0.29) is 6.03 Å². The van der Waals surface area contributed by atoms with Crippen LogP contribution in [0.5, 0.6) is 0 Å². The molecule has 2 amide bonds. The van der Waals surface area contributed by atoms with E-state index in [9.17, 15) is 18.0 Å².